The van der Waals surface area contributed by atoms with Gasteiger partial charge in [-0.2, -0.15) is 11.8 Å². The quantitative estimate of drug-likeness (QED) is 0.627. The third-order valence-electron chi connectivity index (χ3n) is 1.90. The van der Waals surface area contributed by atoms with Gasteiger partial charge < -0.3 is 11.1 Å². The minimum absolute atomic E-state index is 0.362. The zero-order valence-electron chi connectivity index (χ0n) is 8.72. The standard InChI is InChI=1S/C10H12F2N2OS/c1-16-3-2-14-10(15)7-4-6(11)5-8(13)9(7)12/h4-5H,2-3,13H2,1H3,(H,14,15). The number of nitrogens with two attached hydrogens (primary N) is 1. The van der Waals surface area contributed by atoms with Crippen molar-refractivity contribution in [2.75, 3.05) is 24.3 Å². The highest BCUT2D eigenvalue weighted by Crippen LogP contribution is 2.17. The summed E-state index contributed by atoms with van der Waals surface area (Å²) in [5, 5.41) is 2.47. The Labute approximate surface area is 96.4 Å². The zero-order chi connectivity index (χ0) is 12.1. The van der Waals surface area contributed by atoms with Crippen LogP contribution in [0.3, 0.4) is 0 Å². The molecule has 0 radical (unpaired) electrons. The topological polar surface area (TPSA) is 55.1 Å². The number of nitrogen functional groups attached to an aromatic ring is 1. The van der Waals surface area contributed by atoms with E-state index in [4.69, 9.17) is 5.73 Å². The summed E-state index contributed by atoms with van der Waals surface area (Å²) < 4.78 is 26.3. The molecule has 0 aliphatic heterocycles. The second-order valence-electron chi connectivity index (χ2n) is 3.11. The fourth-order valence-corrected chi connectivity index (χ4v) is 1.44. The number of nitrogens with one attached hydrogen (secondary N) is 1. The first kappa shape index (κ1) is 12.8. The number of carbonyl (C=O) groups excluding carboxylic acids is 1. The fraction of sp³-hybridized carbons (Fsp3) is 0.300. The van der Waals surface area contributed by atoms with E-state index < -0.39 is 17.5 Å². The van der Waals surface area contributed by atoms with Gasteiger partial charge in [-0.25, -0.2) is 8.78 Å². The predicted octanol–water partition coefficient (Wildman–Crippen LogP) is 1.64. The molecule has 0 aliphatic rings. The average Bonchev–Trinajstić information content (AvgIpc) is 2.23. The van der Waals surface area contributed by atoms with Crippen molar-refractivity contribution in [1.82, 2.24) is 5.32 Å². The fourth-order valence-electron chi connectivity index (χ4n) is 1.14. The van der Waals surface area contributed by atoms with Gasteiger partial charge in [-0.05, 0) is 18.4 Å². The number of rotatable bonds is 4. The Kier molecular flexibility index (Phi) is 4.54. The normalized spacial score (nSPS) is 10.2. The van der Waals surface area contributed by atoms with Gasteiger partial charge in [-0.1, -0.05) is 0 Å². The van der Waals surface area contributed by atoms with Crippen molar-refractivity contribution in [1.29, 1.82) is 0 Å². The van der Waals surface area contributed by atoms with Gasteiger partial charge in [-0.3, -0.25) is 4.79 Å². The van der Waals surface area contributed by atoms with Crippen molar-refractivity contribution >= 4 is 23.4 Å². The lowest BCUT2D eigenvalue weighted by Gasteiger charge is -2.07. The number of halogens is 2. The number of thioether (sulfide) groups is 1. The van der Waals surface area contributed by atoms with Gasteiger partial charge in [0.05, 0.1) is 11.3 Å². The van der Waals surface area contributed by atoms with Gasteiger partial charge in [0.15, 0.2) is 5.82 Å². The molecular weight excluding hydrogens is 234 g/mol. The van der Waals surface area contributed by atoms with E-state index in [-0.39, 0.29) is 11.3 Å². The third-order valence-corrected chi connectivity index (χ3v) is 2.51. The monoisotopic (exact) mass is 246 g/mol. The lowest BCUT2D eigenvalue weighted by Crippen LogP contribution is -2.27. The lowest BCUT2D eigenvalue weighted by molar-refractivity contribution is 0.0952. The van der Waals surface area contributed by atoms with Crippen molar-refractivity contribution in [2.45, 2.75) is 0 Å². The van der Waals surface area contributed by atoms with E-state index in [0.29, 0.717) is 12.3 Å². The first-order chi connectivity index (χ1) is 7.56. The van der Waals surface area contributed by atoms with E-state index >= 15 is 0 Å². The van der Waals surface area contributed by atoms with E-state index in [2.05, 4.69) is 5.32 Å². The summed E-state index contributed by atoms with van der Waals surface area (Å²) in [4.78, 5) is 11.5. The van der Waals surface area contributed by atoms with Crippen LogP contribution in [0.25, 0.3) is 0 Å². The van der Waals surface area contributed by atoms with Gasteiger partial charge in [0.1, 0.15) is 5.82 Å². The lowest BCUT2D eigenvalue weighted by atomic mass is 10.1. The number of anilines is 1. The highest BCUT2D eigenvalue weighted by molar-refractivity contribution is 7.98. The number of benzene rings is 1. The van der Waals surface area contributed by atoms with Gasteiger partial charge >= 0.3 is 0 Å². The van der Waals surface area contributed by atoms with Gasteiger partial charge in [0, 0.05) is 12.3 Å². The molecule has 0 spiro atoms. The van der Waals surface area contributed by atoms with E-state index in [1.165, 1.54) is 0 Å². The zero-order valence-corrected chi connectivity index (χ0v) is 9.54. The van der Waals surface area contributed by atoms with Crippen LogP contribution in [0, 0.1) is 11.6 Å². The largest absolute Gasteiger partial charge is 0.396 e. The number of carbonyl (C=O) groups is 1. The Morgan fingerprint density at radius 2 is 2.19 bits per heavy atom. The first-order valence-corrected chi connectivity index (χ1v) is 5.97. The molecule has 0 heterocycles. The summed E-state index contributed by atoms with van der Waals surface area (Å²) in [6, 6.07) is 1.67. The van der Waals surface area contributed by atoms with E-state index in [1.807, 2.05) is 6.26 Å². The van der Waals surface area contributed by atoms with Crippen LogP contribution in [0.5, 0.6) is 0 Å². The molecule has 0 fully saturated rings. The number of hydrogen-bond acceptors (Lipinski definition) is 3. The smallest absolute Gasteiger partial charge is 0.254 e. The maximum atomic E-state index is 13.4. The Balaban J connectivity index is 2.82. The molecule has 6 heteroatoms. The van der Waals surface area contributed by atoms with Crippen molar-refractivity contribution in [3.8, 4) is 0 Å². The number of hydrogen-bond donors (Lipinski definition) is 2. The van der Waals surface area contributed by atoms with Crippen LogP contribution in [-0.2, 0) is 0 Å². The molecule has 16 heavy (non-hydrogen) atoms. The van der Waals surface area contributed by atoms with E-state index in [0.717, 1.165) is 12.1 Å². The first-order valence-electron chi connectivity index (χ1n) is 4.58. The Morgan fingerprint density at radius 3 is 2.81 bits per heavy atom. The van der Waals surface area contributed by atoms with Crippen LogP contribution in [-0.4, -0.2) is 24.5 Å². The number of amides is 1. The van der Waals surface area contributed by atoms with Crippen LogP contribution in [0.1, 0.15) is 10.4 Å². The van der Waals surface area contributed by atoms with Gasteiger partial charge in [0.2, 0.25) is 0 Å². The van der Waals surface area contributed by atoms with Crippen LogP contribution < -0.4 is 11.1 Å². The maximum Gasteiger partial charge on any atom is 0.254 e. The maximum absolute atomic E-state index is 13.4. The molecule has 0 bridgehead atoms. The van der Waals surface area contributed by atoms with Crippen molar-refractivity contribution in [3.05, 3.63) is 29.3 Å². The predicted molar refractivity (Wildman–Crippen MR) is 61.5 cm³/mol. The summed E-state index contributed by atoms with van der Waals surface area (Å²) in [6.07, 6.45) is 1.88. The molecule has 3 N–H and O–H groups in total. The molecule has 0 aliphatic carbocycles. The highest BCUT2D eigenvalue weighted by atomic mass is 32.2. The van der Waals surface area contributed by atoms with Gasteiger partial charge in [0.25, 0.3) is 5.91 Å². The minimum atomic E-state index is -0.886. The van der Waals surface area contributed by atoms with E-state index in [9.17, 15) is 13.6 Å². The Hall–Kier alpha value is -1.30. The van der Waals surface area contributed by atoms with Gasteiger partial charge in [-0.15, -0.1) is 0 Å². The molecule has 1 amide bonds. The Morgan fingerprint density at radius 1 is 1.50 bits per heavy atom. The molecule has 0 aromatic heterocycles. The molecule has 0 atom stereocenters. The third kappa shape index (κ3) is 3.10. The van der Waals surface area contributed by atoms with Crippen LogP contribution in [0.4, 0.5) is 14.5 Å². The summed E-state index contributed by atoms with van der Waals surface area (Å²) in [5.41, 5.74) is 4.49. The van der Waals surface area contributed by atoms with Crippen LogP contribution >= 0.6 is 11.8 Å². The second-order valence-corrected chi connectivity index (χ2v) is 4.09. The molecular formula is C10H12F2N2OS. The summed E-state index contributed by atoms with van der Waals surface area (Å²) >= 11 is 1.54. The van der Waals surface area contributed by atoms with E-state index in [1.54, 1.807) is 11.8 Å². The molecule has 1 aromatic carbocycles. The summed E-state index contributed by atoms with van der Waals surface area (Å²) in [5.74, 6) is -1.56. The average molecular weight is 246 g/mol. The van der Waals surface area contributed by atoms with Crippen molar-refractivity contribution in [2.24, 2.45) is 0 Å². The van der Waals surface area contributed by atoms with Crippen molar-refractivity contribution in [3.63, 3.8) is 0 Å². The van der Waals surface area contributed by atoms with Crippen LogP contribution in [0.2, 0.25) is 0 Å². The highest BCUT2D eigenvalue weighted by Gasteiger charge is 2.15. The minimum Gasteiger partial charge on any atom is -0.396 e. The molecule has 1 aromatic rings. The molecule has 0 saturated carbocycles. The molecule has 88 valence electrons. The molecule has 0 saturated heterocycles. The summed E-state index contributed by atoms with van der Waals surface area (Å²) in [6.45, 7) is 0.399. The van der Waals surface area contributed by atoms with Crippen LogP contribution in [0.15, 0.2) is 12.1 Å². The molecule has 0 unspecified atom stereocenters. The van der Waals surface area contributed by atoms with Crippen molar-refractivity contribution < 1.29 is 13.6 Å². The molecule has 3 nitrogen and oxygen atoms in total. The summed E-state index contributed by atoms with van der Waals surface area (Å²) in [7, 11) is 0. The second kappa shape index (κ2) is 5.69. The Bertz CT molecular complexity index is 399. The SMILES string of the molecule is CSCCNC(=O)c1cc(F)cc(N)c1F. The molecule has 1 rings (SSSR count).